The summed E-state index contributed by atoms with van der Waals surface area (Å²) in [5.41, 5.74) is -1.19. The fourth-order valence-electron chi connectivity index (χ4n) is 1.54. The molecule has 2 nitrogen and oxygen atoms in total. The van der Waals surface area contributed by atoms with Gasteiger partial charge in [0.15, 0.2) is 0 Å². The van der Waals surface area contributed by atoms with Crippen LogP contribution >= 0.6 is 11.6 Å². The second kappa shape index (κ2) is 4.66. The van der Waals surface area contributed by atoms with E-state index in [0.29, 0.717) is 0 Å². The molecule has 1 rings (SSSR count). The van der Waals surface area contributed by atoms with Crippen LogP contribution in [0.2, 0.25) is 5.02 Å². The molecule has 0 spiro atoms. The molecule has 0 aliphatic rings. The number of carboxylic acid groups (broad SMARTS) is 1. The normalized spacial score (nSPS) is 14.2. The van der Waals surface area contributed by atoms with Crippen LogP contribution in [0.15, 0.2) is 30.9 Å². The van der Waals surface area contributed by atoms with Gasteiger partial charge in [-0.15, -0.1) is 6.58 Å². The Labute approximate surface area is 98.4 Å². The van der Waals surface area contributed by atoms with Crippen LogP contribution in [0.5, 0.6) is 0 Å². The maximum absolute atomic E-state index is 13.6. The Bertz CT molecular complexity index is 431. The molecule has 0 fully saturated rings. The molecule has 1 aromatic carbocycles. The number of aliphatic carboxylic acids is 1. The zero-order valence-corrected chi connectivity index (χ0v) is 9.59. The van der Waals surface area contributed by atoms with Crippen molar-refractivity contribution in [1.29, 1.82) is 0 Å². The summed E-state index contributed by atoms with van der Waals surface area (Å²) in [5, 5.41) is 9.41. The smallest absolute Gasteiger partial charge is 0.314 e. The number of benzene rings is 1. The summed E-state index contributed by atoms with van der Waals surface area (Å²) in [6.45, 7) is 4.95. The quantitative estimate of drug-likeness (QED) is 0.822. The Morgan fingerprint density at radius 1 is 1.69 bits per heavy atom. The number of rotatable bonds is 4. The summed E-state index contributed by atoms with van der Waals surface area (Å²) in [4.78, 5) is 11.2. The Morgan fingerprint density at radius 3 is 2.75 bits per heavy atom. The van der Waals surface area contributed by atoms with Gasteiger partial charge in [-0.25, -0.2) is 4.39 Å². The minimum atomic E-state index is -1.31. The molecule has 0 saturated carbocycles. The first-order valence-electron chi connectivity index (χ1n) is 4.71. The first-order valence-corrected chi connectivity index (χ1v) is 5.09. The van der Waals surface area contributed by atoms with E-state index in [0.717, 1.165) is 6.07 Å². The molecule has 16 heavy (non-hydrogen) atoms. The highest BCUT2D eigenvalue weighted by atomic mass is 35.5. The summed E-state index contributed by atoms with van der Waals surface area (Å²) in [7, 11) is 0. The highest BCUT2D eigenvalue weighted by molar-refractivity contribution is 6.30. The van der Waals surface area contributed by atoms with E-state index in [1.165, 1.54) is 25.1 Å². The van der Waals surface area contributed by atoms with Gasteiger partial charge in [0, 0.05) is 10.6 Å². The molecule has 1 aromatic rings. The highest BCUT2D eigenvalue weighted by Gasteiger charge is 2.36. The van der Waals surface area contributed by atoms with Gasteiger partial charge in [-0.1, -0.05) is 23.7 Å². The van der Waals surface area contributed by atoms with E-state index in [9.17, 15) is 9.18 Å². The largest absolute Gasteiger partial charge is 0.481 e. The zero-order chi connectivity index (χ0) is 12.3. The lowest BCUT2D eigenvalue weighted by molar-refractivity contribution is -0.143. The molecule has 86 valence electrons. The van der Waals surface area contributed by atoms with Crippen LogP contribution in [-0.4, -0.2) is 11.1 Å². The van der Waals surface area contributed by atoms with Crippen molar-refractivity contribution in [2.75, 3.05) is 0 Å². The van der Waals surface area contributed by atoms with Crippen molar-refractivity contribution in [3.63, 3.8) is 0 Å². The van der Waals surface area contributed by atoms with E-state index in [-0.39, 0.29) is 17.0 Å². The number of carbonyl (C=O) groups is 1. The van der Waals surface area contributed by atoms with Gasteiger partial charge in [0.1, 0.15) is 5.82 Å². The molecule has 0 bridgehead atoms. The Kier molecular flexibility index (Phi) is 3.70. The molecule has 0 radical (unpaired) electrons. The van der Waals surface area contributed by atoms with E-state index >= 15 is 0 Å². The van der Waals surface area contributed by atoms with Crippen molar-refractivity contribution in [2.45, 2.75) is 18.8 Å². The minimum absolute atomic E-state index is 0.115. The molecule has 1 N–H and O–H groups in total. The monoisotopic (exact) mass is 242 g/mol. The molecule has 0 aliphatic carbocycles. The maximum atomic E-state index is 13.6. The molecular weight excluding hydrogens is 231 g/mol. The van der Waals surface area contributed by atoms with Crippen molar-refractivity contribution < 1.29 is 14.3 Å². The SMILES string of the molecule is C=CCC(C)(C(=O)O)c1ccc(Cl)cc1F. The van der Waals surface area contributed by atoms with Crippen molar-refractivity contribution in [3.05, 3.63) is 47.3 Å². The van der Waals surface area contributed by atoms with Crippen LogP contribution in [-0.2, 0) is 10.2 Å². The summed E-state index contributed by atoms with van der Waals surface area (Å²) < 4.78 is 13.6. The third kappa shape index (κ3) is 2.25. The predicted molar refractivity (Wildman–Crippen MR) is 61.2 cm³/mol. The molecular formula is C12H12ClFO2. The summed E-state index contributed by atoms with van der Waals surface area (Å²) in [6.07, 6.45) is 1.61. The van der Waals surface area contributed by atoms with Gasteiger partial charge >= 0.3 is 5.97 Å². The van der Waals surface area contributed by atoms with E-state index in [1.54, 1.807) is 0 Å². The van der Waals surface area contributed by atoms with E-state index in [2.05, 4.69) is 6.58 Å². The van der Waals surface area contributed by atoms with Crippen LogP contribution in [0.1, 0.15) is 18.9 Å². The van der Waals surface area contributed by atoms with Gasteiger partial charge in [0.25, 0.3) is 0 Å². The summed E-state index contributed by atoms with van der Waals surface area (Å²) in [5.74, 6) is -1.70. The summed E-state index contributed by atoms with van der Waals surface area (Å²) in [6, 6.07) is 3.99. The second-order valence-electron chi connectivity index (χ2n) is 3.75. The van der Waals surface area contributed by atoms with Crippen LogP contribution in [0.25, 0.3) is 0 Å². The maximum Gasteiger partial charge on any atom is 0.314 e. The van der Waals surface area contributed by atoms with Gasteiger partial charge in [0.2, 0.25) is 0 Å². The van der Waals surface area contributed by atoms with Gasteiger partial charge in [-0.05, 0) is 25.5 Å². The first kappa shape index (κ1) is 12.7. The molecule has 0 aromatic heterocycles. The minimum Gasteiger partial charge on any atom is -0.481 e. The lowest BCUT2D eigenvalue weighted by Gasteiger charge is -2.24. The third-order valence-corrected chi connectivity index (χ3v) is 2.79. The number of allylic oxidation sites excluding steroid dienone is 1. The Morgan fingerprint density at radius 2 is 2.31 bits per heavy atom. The van der Waals surface area contributed by atoms with E-state index in [1.807, 2.05) is 0 Å². The number of hydrogen-bond acceptors (Lipinski definition) is 1. The molecule has 0 heterocycles. The predicted octanol–water partition coefficient (Wildman–Crippen LogP) is 3.40. The van der Waals surface area contributed by atoms with Crippen molar-refractivity contribution in [1.82, 2.24) is 0 Å². The van der Waals surface area contributed by atoms with Crippen LogP contribution in [0.4, 0.5) is 4.39 Å². The summed E-state index contributed by atoms with van der Waals surface area (Å²) >= 11 is 5.62. The molecule has 4 heteroatoms. The highest BCUT2D eigenvalue weighted by Crippen LogP contribution is 2.31. The van der Waals surface area contributed by atoms with Crippen LogP contribution in [0, 0.1) is 5.82 Å². The van der Waals surface area contributed by atoms with E-state index < -0.39 is 17.2 Å². The number of hydrogen-bond donors (Lipinski definition) is 1. The Hall–Kier alpha value is -1.35. The van der Waals surface area contributed by atoms with Crippen LogP contribution < -0.4 is 0 Å². The zero-order valence-electron chi connectivity index (χ0n) is 8.84. The third-order valence-electron chi connectivity index (χ3n) is 2.55. The topological polar surface area (TPSA) is 37.3 Å². The molecule has 0 amide bonds. The fourth-order valence-corrected chi connectivity index (χ4v) is 1.70. The molecule has 0 saturated heterocycles. The van der Waals surface area contributed by atoms with Crippen molar-refractivity contribution in [3.8, 4) is 0 Å². The van der Waals surface area contributed by atoms with Gasteiger partial charge in [-0.3, -0.25) is 4.79 Å². The first-order chi connectivity index (χ1) is 7.41. The van der Waals surface area contributed by atoms with Gasteiger partial charge in [-0.2, -0.15) is 0 Å². The molecule has 0 aliphatic heterocycles. The van der Waals surface area contributed by atoms with E-state index in [4.69, 9.17) is 16.7 Å². The average Bonchev–Trinajstić information content (AvgIpc) is 2.17. The number of halogens is 2. The lowest BCUT2D eigenvalue weighted by Crippen LogP contribution is -2.32. The van der Waals surface area contributed by atoms with Gasteiger partial charge < -0.3 is 5.11 Å². The Balaban J connectivity index is 3.31. The average molecular weight is 243 g/mol. The molecule has 1 unspecified atom stereocenters. The van der Waals surface area contributed by atoms with Crippen molar-refractivity contribution in [2.24, 2.45) is 0 Å². The lowest BCUT2D eigenvalue weighted by atomic mass is 9.79. The van der Waals surface area contributed by atoms with Crippen molar-refractivity contribution >= 4 is 17.6 Å². The van der Waals surface area contributed by atoms with Gasteiger partial charge in [0.05, 0.1) is 5.41 Å². The number of carboxylic acids is 1. The molecule has 1 atom stereocenters. The second-order valence-corrected chi connectivity index (χ2v) is 4.19. The fraction of sp³-hybridized carbons (Fsp3) is 0.250. The van der Waals surface area contributed by atoms with Crippen LogP contribution in [0.3, 0.4) is 0 Å². The standard InChI is InChI=1S/C12H12ClFO2/c1-3-6-12(2,11(15)16)9-5-4-8(13)7-10(9)14/h3-5,7H,1,6H2,2H3,(H,15,16).